The van der Waals surface area contributed by atoms with E-state index in [1.54, 1.807) is 0 Å². The number of nitrogens with zero attached hydrogens (tertiary/aromatic N) is 6. The van der Waals surface area contributed by atoms with Crippen LogP contribution >= 0.6 is 11.3 Å². The third kappa shape index (κ3) is 3.27. The number of aryl methyl sites for hydroxylation is 3. The maximum absolute atomic E-state index is 10.3. The van der Waals surface area contributed by atoms with Gasteiger partial charge in [-0.1, -0.05) is 18.2 Å². The number of aromatic nitrogens is 4. The Hall–Kier alpha value is -4.53. The summed E-state index contributed by atoms with van der Waals surface area (Å²) in [6, 6.07) is 18.5. The predicted octanol–water partition coefficient (Wildman–Crippen LogP) is 2.36. The Bertz CT molecular complexity index is 2100. The normalized spacial score (nSPS) is 13.2. The van der Waals surface area contributed by atoms with E-state index in [0.29, 0.717) is 27.3 Å². The van der Waals surface area contributed by atoms with Gasteiger partial charge in [-0.2, -0.15) is 10.5 Å². The maximum Gasteiger partial charge on any atom is 0.240 e. The summed E-state index contributed by atoms with van der Waals surface area (Å²) in [5.41, 5.74) is 6.04. The molecule has 37 heavy (non-hydrogen) atoms. The average molecular weight is 498 g/mol. The van der Waals surface area contributed by atoms with Crippen LogP contribution in [0, 0.1) is 43.4 Å². The molecule has 2 aromatic carbocycles. The fourth-order valence-electron chi connectivity index (χ4n) is 5.06. The highest BCUT2D eigenvalue weighted by molar-refractivity contribution is 7.19. The SMILES string of the molecule is Bn1c(C)c2/c(=C(\C#N)c3nc4ccccc4s3)n(B)c(C)c2/c1=C(\C#N)c1nc2cc(C)ccc2o1. The average Bonchev–Trinajstić information content (AvgIpc) is 3.62. The molecule has 6 aromatic rings. The monoisotopic (exact) mass is 498 g/mol. The highest BCUT2D eigenvalue weighted by Gasteiger charge is 2.23. The van der Waals surface area contributed by atoms with Gasteiger partial charge in [0, 0.05) is 22.2 Å². The smallest absolute Gasteiger partial charge is 0.240 e. The van der Waals surface area contributed by atoms with Gasteiger partial charge in [0.05, 0.1) is 20.9 Å². The molecule has 0 fully saturated rings. The minimum absolute atomic E-state index is 0.283. The lowest BCUT2D eigenvalue weighted by atomic mass is 10.1. The third-order valence-corrected chi connectivity index (χ3v) is 8.14. The van der Waals surface area contributed by atoms with Gasteiger partial charge >= 0.3 is 0 Å². The van der Waals surface area contributed by atoms with Crippen LogP contribution in [0.1, 0.15) is 27.8 Å². The molecular formula is C27H20B2N6OS. The molecule has 0 spiro atoms. The third-order valence-electron chi connectivity index (χ3n) is 7.09. The predicted molar refractivity (Wildman–Crippen MR) is 151 cm³/mol. The van der Waals surface area contributed by atoms with Crippen LogP contribution in [0.15, 0.2) is 46.9 Å². The van der Waals surface area contributed by atoms with Crippen molar-refractivity contribution in [1.82, 2.24) is 18.9 Å². The largest absolute Gasteiger partial charge is 0.435 e. The summed E-state index contributed by atoms with van der Waals surface area (Å²) in [6.07, 6.45) is 0. The Balaban J connectivity index is 1.76. The lowest BCUT2D eigenvalue weighted by molar-refractivity contribution is 0.585. The fourth-order valence-corrected chi connectivity index (χ4v) is 6.02. The second kappa shape index (κ2) is 8.26. The van der Waals surface area contributed by atoms with E-state index < -0.39 is 0 Å². The first-order valence-electron chi connectivity index (χ1n) is 11.8. The van der Waals surface area contributed by atoms with E-state index in [9.17, 15) is 10.5 Å². The summed E-state index contributed by atoms with van der Waals surface area (Å²) in [4.78, 5) is 9.41. The molecule has 0 aliphatic rings. The molecule has 10 heteroatoms. The topological polar surface area (TPSA) is 96.4 Å². The minimum Gasteiger partial charge on any atom is -0.435 e. The lowest BCUT2D eigenvalue weighted by Gasteiger charge is -2.04. The van der Waals surface area contributed by atoms with Crippen molar-refractivity contribution in [1.29, 1.82) is 10.5 Å². The number of para-hydroxylation sites is 1. The van der Waals surface area contributed by atoms with Crippen molar-refractivity contribution in [2.45, 2.75) is 20.8 Å². The van der Waals surface area contributed by atoms with Crippen molar-refractivity contribution in [3.8, 4) is 12.1 Å². The van der Waals surface area contributed by atoms with Crippen molar-refractivity contribution in [3.05, 3.63) is 81.0 Å². The number of oxazole rings is 1. The van der Waals surface area contributed by atoms with Crippen molar-refractivity contribution in [2.24, 2.45) is 0 Å². The standard InChI is InChI=1S/C27H20B2N6OS/c1-13-8-9-20-19(10-13)32-26(36-20)16(11-30)24-22-14(2)35(29)25(23(22)15(3)34(24)28)17(12-31)27-33-18-6-4-5-7-21(18)37-27/h4-10H,28-29H2,1-3H3/b24-16-,25-17-. The molecule has 0 saturated heterocycles. The van der Waals surface area contributed by atoms with E-state index in [4.69, 9.17) is 9.40 Å². The van der Waals surface area contributed by atoms with E-state index in [2.05, 4.69) is 17.1 Å². The Morgan fingerprint density at radius 1 is 0.865 bits per heavy atom. The Labute approximate surface area is 218 Å². The van der Waals surface area contributed by atoms with Gasteiger partial charge in [0.2, 0.25) is 21.9 Å². The zero-order valence-corrected chi connectivity index (χ0v) is 21.9. The van der Waals surface area contributed by atoms with Gasteiger partial charge in [-0.15, -0.1) is 11.3 Å². The van der Waals surface area contributed by atoms with Gasteiger partial charge in [0.1, 0.15) is 33.8 Å². The van der Waals surface area contributed by atoms with E-state index >= 15 is 0 Å². The molecule has 6 rings (SSSR count). The van der Waals surface area contributed by atoms with Gasteiger partial charge in [-0.25, -0.2) is 9.97 Å². The quantitative estimate of drug-likeness (QED) is 0.342. The van der Waals surface area contributed by atoms with Crippen molar-refractivity contribution < 1.29 is 4.42 Å². The Morgan fingerprint density at radius 2 is 1.51 bits per heavy atom. The van der Waals surface area contributed by atoms with Crippen LogP contribution in [-0.4, -0.2) is 34.9 Å². The molecule has 0 N–H and O–H groups in total. The fraction of sp³-hybridized carbons (Fsp3) is 0.111. The zero-order chi connectivity index (χ0) is 26.0. The molecule has 0 atom stereocenters. The first kappa shape index (κ1) is 22.9. The summed E-state index contributed by atoms with van der Waals surface area (Å²) in [7, 11) is 3.88. The van der Waals surface area contributed by atoms with Crippen molar-refractivity contribution in [2.75, 3.05) is 0 Å². The first-order valence-corrected chi connectivity index (χ1v) is 12.6. The van der Waals surface area contributed by atoms with Gasteiger partial charge in [0.25, 0.3) is 0 Å². The number of hydrogen-bond acceptors (Lipinski definition) is 6. The van der Waals surface area contributed by atoms with Crippen LogP contribution in [0.5, 0.6) is 0 Å². The molecule has 0 saturated carbocycles. The Kier molecular flexibility index (Phi) is 5.11. The van der Waals surface area contributed by atoms with Gasteiger partial charge < -0.3 is 13.4 Å². The van der Waals surface area contributed by atoms with Crippen molar-refractivity contribution in [3.63, 3.8) is 0 Å². The van der Waals surface area contributed by atoms with Crippen LogP contribution in [0.4, 0.5) is 0 Å². The molecule has 0 unspecified atom stereocenters. The molecule has 0 aliphatic carbocycles. The number of benzene rings is 2. The summed E-state index contributed by atoms with van der Waals surface area (Å²) >= 11 is 1.51. The van der Waals surface area contributed by atoms with Crippen LogP contribution in [0.3, 0.4) is 0 Å². The zero-order valence-electron chi connectivity index (χ0n) is 21.0. The molecule has 0 amide bonds. The number of nitriles is 2. The molecular weight excluding hydrogens is 478 g/mol. The first-order chi connectivity index (χ1) is 17.8. The van der Waals surface area contributed by atoms with Gasteiger partial charge in [0.15, 0.2) is 5.58 Å². The van der Waals surface area contributed by atoms with Crippen LogP contribution in [-0.2, 0) is 0 Å². The summed E-state index contributed by atoms with van der Waals surface area (Å²) in [5, 5.41) is 24.7. The number of fused-ring (bicyclic) bond motifs is 3. The van der Waals surface area contributed by atoms with Gasteiger partial charge in [-0.3, -0.25) is 0 Å². The van der Waals surface area contributed by atoms with E-state index in [1.807, 2.05) is 88.2 Å². The van der Waals surface area contributed by atoms with Crippen LogP contribution < -0.4 is 10.7 Å². The van der Waals surface area contributed by atoms with Crippen LogP contribution in [0.2, 0.25) is 0 Å². The Morgan fingerprint density at radius 3 is 2.16 bits per heavy atom. The van der Waals surface area contributed by atoms with Gasteiger partial charge in [-0.05, 0) is 50.6 Å². The maximum atomic E-state index is 10.3. The van der Waals surface area contributed by atoms with E-state index in [0.717, 1.165) is 48.6 Å². The molecule has 4 aromatic heterocycles. The highest BCUT2D eigenvalue weighted by Crippen LogP contribution is 2.28. The highest BCUT2D eigenvalue weighted by atomic mass is 32.1. The lowest BCUT2D eigenvalue weighted by Crippen LogP contribution is -2.23. The molecule has 176 valence electrons. The molecule has 0 radical (unpaired) electrons. The van der Waals surface area contributed by atoms with Crippen molar-refractivity contribution >= 4 is 70.5 Å². The summed E-state index contributed by atoms with van der Waals surface area (Å²) < 4.78 is 11.1. The molecule has 4 heterocycles. The summed E-state index contributed by atoms with van der Waals surface area (Å²) in [6.45, 7) is 6.01. The molecule has 0 aliphatic heterocycles. The second-order valence-electron chi connectivity index (χ2n) is 9.19. The number of rotatable bonds is 2. The second-order valence-corrected chi connectivity index (χ2v) is 10.2. The van der Waals surface area contributed by atoms with E-state index in [-0.39, 0.29) is 5.89 Å². The van der Waals surface area contributed by atoms with E-state index in [1.165, 1.54) is 11.3 Å². The molecule has 7 nitrogen and oxygen atoms in total. The number of hydrogen-bond donors (Lipinski definition) is 0. The summed E-state index contributed by atoms with van der Waals surface area (Å²) in [5.74, 6) is 0.283. The minimum atomic E-state index is 0.283. The molecule has 0 bridgehead atoms. The number of thiazole rings is 1. The van der Waals surface area contributed by atoms with Crippen LogP contribution in [0.25, 0.3) is 43.2 Å².